The van der Waals surface area contributed by atoms with Crippen LogP contribution >= 0.6 is 0 Å². The maximum Gasteiger partial charge on any atom is 0.222 e. The first-order chi connectivity index (χ1) is 10.7. The monoisotopic (exact) mass is 296 g/mol. The van der Waals surface area contributed by atoms with E-state index in [1.54, 1.807) is 0 Å². The molecule has 0 spiro atoms. The number of pyridine rings is 1. The molecule has 2 aromatic heterocycles. The highest BCUT2D eigenvalue weighted by Gasteiger charge is 2.26. The fourth-order valence-electron chi connectivity index (χ4n) is 3.34. The Bertz CT molecular complexity index is 706. The van der Waals surface area contributed by atoms with Gasteiger partial charge >= 0.3 is 0 Å². The topological polar surface area (TPSA) is 71.2 Å². The van der Waals surface area contributed by atoms with Crippen LogP contribution in [0.5, 0.6) is 0 Å². The maximum atomic E-state index is 6.00. The van der Waals surface area contributed by atoms with E-state index in [9.17, 15) is 0 Å². The predicted octanol–water partition coefficient (Wildman–Crippen LogP) is 0.971. The molecule has 1 saturated heterocycles. The van der Waals surface area contributed by atoms with Gasteiger partial charge in [0.2, 0.25) is 5.95 Å². The van der Waals surface area contributed by atoms with Crippen molar-refractivity contribution in [3.8, 4) is 11.3 Å². The fraction of sp³-hybridized carbons (Fsp3) is 0.438. The third-order valence-electron chi connectivity index (χ3n) is 4.61. The highest BCUT2D eigenvalue weighted by atomic mass is 15.3. The average molecular weight is 296 g/mol. The van der Waals surface area contributed by atoms with Crippen molar-refractivity contribution in [2.24, 2.45) is 0 Å². The van der Waals surface area contributed by atoms with Gasteiger partial charge in [0, 0.05) is 49.7 Å². The largest absolute Gasteiger partial charge is 0.368 e. The van der Waals surface area contributed by atoms with Crippen LogP contribution in [0, 0.1) is 0 Å². The number of nitrogen functional groups attached to an aromatic ring is 1. The van der Waals surface area contributed by atoms with Gasteiger partial charge in [0.25, 0.3) is 0 Å². The third-order valence-corrected chi connectivity index (χ3v) is 4.61. The molecule has 1 fully saturated rings. The van der Waals surface area contributed by atoms with Crippen molar-refractivity contribution in [3.63, 3.8) is 0 Å². The highest BCUT2D eigenvalue weighted by Crippen LogP contribution is 2.36. The summed E-state index contributed by atoms with van der Waals surface area (Å²) in [4.78, 5) is 18.0. The molecule has 0 amide bonds. The summed E-state index contributed by atoms with van der Waals surface area (Å²) in [6, 6.07) is 2.04. The third kappa shape index (κ3) is 2.20. The zero-order valence-corrected chi connectivity index (χ0v) is 12.8. The molecule has 2 aromatic rings. The van der Waals surface area contributed by atoms with Crippen LogP contribution in [-0.4, -0.2) is 53.1 Å². The minimum atomic E-state index is 0.359. The summed E-state index contributed by atoms with van der Waals surface area (Å²) < 4.78 is 0. The van der Waals surface area contributed by atoms with Crippen molar-refractivity contribution in [3.05, 3.63) is 29.6 Å². The van der Waals surface area contributed by atoms with E-state index in [1.165, 1.54) is 11.1 Å². The molecule has 22 heavy (non-hydrogen) atoms. The van der Waals surface area contributed by atoms with E-state index < -0.39 is 0 Å². The smallest absolute Gasteiger partial charge is 0.222 e. The van der Waals surface area contributed by atoms with Gasteiger partial charge in [-0.3, -0.25) is 4.98 Å². The number of nitrogens with zero attached hydrogens (tertiary/aromatic N) is 5. The number of fused-ring (bicyclic) bond motifs is 3. The van der Waals surface area contributed by atoms with Crippen LogP contribution in [0.1, 0.15) is 11.1 Å². The molecular formula is C16H20N6. The normalized spacial score (nSPS) is 18.0. The SMILES string of the molecule is CN1CCN(c2nc(N)nc3c2CCc2cnccc2-3)CC1. The number of piperazine rings is 1. The molecule has 1 aliphatic carbocycles. The summed E-state index contributed by atoms with van der Waals surface area (Å²) in [5, 5.41) is 0. The Morgan fingerprint density at radius 2 is 1.91 bits per heavy atom. The number of nitrogens with two attached hydrogens (primary N) is 1. The van der Waals surface area contributed by atoms with E-state index in [1.807, 2.05) is 18.5 Å². The van der Waals surface area contributed by atoms with Crippen LogP contribution in [0.25, 0.3) is 11.3 Å². The molecule has 4 rings (SSSR count). The van der Waals surface area contributed by atoms with Crippen LogP contribution in [0.3, 0.4) is 0 Å². The van der Waals surface area contributed by atoms with Gasteiger partial charge in [0.05, 0.1) is 5.69 Å². The number of aryl methyl sites for hydroxylation is 1. The quantitative estimate of drug-likeness (QED) is 0.845. The zero-order valence-electron chi connectivity index (χ0n) is 12.8. The molecule has 2 aliphatic rings. The standard InChI is InChI=1S/C16H20N6/c1-21-6-8-22(9-7-21)15-13-3-2-11-10-18-5-4-12(11)14(13)19-16(17)20-15/h4-5,10H,2-3,6-9H2,1H3,(H2,17,19,20). The number of likely N-dealkylation sites (N-methyl/N-ethyl adjacent to an activating group) is 1. The van der Waals surface area contributed by atoms with E-state index >= 15 is 0 Å². The molecule has 3 heterocycles. The van der Waals surface area contributed by atoms with Gasteiger partial charge in [-0.1, -0.05) is 0 Å². The molecule has 0 bridgehead atoms. The molecule has 6 heteroatoms. The van der Waals surface area contributed by atoms with E-state index in [0.29, 0.717) is 5.95 Å². The Morgan fingerprint density at radius 1 is 1.09 bits per heavy atom. The Kier molecular flexibility index (Phi) is 3.18. The van der Waals surface area contributed by atoms with Gasteiger partial charge in [0.15, 0.2) is 0 Å². The number of rotatable bonds is 1. The molecule has 2 N–H and O–H groups in total. The van der Waals surface area contributed by atoms with Crippen LogP contribution in [0.15, 0.2) is 18.5 Å². The van der Waals surface area contributed by atoms with Crippen LogP contribution in [0.2, 0.25) is 0 Å². The maximum absolute atomic E-state index is 6.00. The van der Waals surface area contributed by atoms with E-state index in [4.69, 9.17) is 5.73 Å². The Hall–Kier alpha value is -2.21. The van der Waals surface area contributed by atoms with Crippen molar-refractivity contribution in [2.45, 2.75) is 12.8 Å². The van der Waals surface area contributed by atoms with E-state index in [2.05, 4.69) is 31.8 Å². The lowest BCUT2D eigenvalue weighted by atomic mass is 9.90. The van der Waals surface area contributed by atoms with Crippen molar-refractivity contribution >= 4 is 11.8 Å². The Balaban J connectivity index is 1.81. The molecule has 0 unspecified atom stereocenters. The van der Waals surface area contributed by atoms with Crippen LogP contribution in [0.4, 0.5) is 11.8 Å². The minimum Gasteiger partial charge on any atom is -0.368 e. The Morgan fingerprint density at radius 3 is 2.73 bits per heavy atom. The van der Waals surface area contributed by atoms with Crippen molar-refractivity contribution in [1.29, 1.82) is 0 Å². The number of hydrogen-bond acceptors (Lipinski definition) is 6. The lowest BCUT2D eigenvalue weighted by Gasteiger charge is -2.35. The average Bonchev–Trinajstić information content (AvgIpc) is 2.55. The van der Waals surface area contributed by atoms with Gasteiger partial charge < -0.3 is 15.5 Å². The number of anilines is 2. The van der Waals surface area contributed by atoms with Crippen LogP contribution in [-0.2, 0) is 12.8 Å². The van der Waals surface area contributed by atoms with E-state index in [0.717, 1.165) is 56.1 Å². The first kappa shape index (κ1) is 13.5. The lowest BCUT2D eigenvalue weighted by molar-refractivity contribution is 0.312. The molecule has 0 atom stereocenters. The molecular weight excluding hydrogens is 276 g/mol. The lowest BCUT2D eigenvalue weighted by Crippen LogP contribution is -2.45. The predicted molar refractivity (Wildman–Crippen MR) is 86.8 cm³/mol. The van der Waals surface area contributed by atoms with Gasteiger partial charge in [0.1, 0.15) is 5.82 Å². The summed E-state index contributed by atoms with van der Waals surface area (Å²) in [5.41, 5.74) is 10.6. The van der Waals surface area contributed by atoms with Crippen molar-refractivity contribution in [1.82, 2.24) is 19.9 Å². The summed E-state index contributed by atoms with van der Waals surface area (Å²) >= 11 is 0. The summed E-state index contributed by atoms with van der Waals surface area (Å²) in [6.45, 7) is 4.09. The van der Waals surface area contributed by atoms with Gasteiger partial charge in [-0.05, 0) is 31.5 Å². The summed E-state index contributed by atoms with van der Waals surface area (Å²) in [5.74, 6) is 1.38. The van der Waals surface area contributed by atoms with Gasteiger partial charge in [-0.15, -0.1) is 0 Å². The summed E-state index contributed by atoms with van der Waals surface area (Å²) in [7, 11) is 2.16. The van der Waals surface area contributed by atoms with Crippen molar-refractivity contribution < 1.29 is 0 Å². The second-order valence-electron chi connectivity index (χ2n) is 6.06. The molecule has 0 aromatic carbocycles. The molecule has 0 radical (unpaired) electrons. The molecule has 114 valence electrons. The van der Waals surface area contributed by atoms with Crippen molar-refractivity contribution in [2.75, 3.05) is 43.9 Å². The highest BCUT2D eigenvalue weighted by molar-refractivity contribution is 5.74. The number of aromatic nitrogens is 3. The first-order valence-electron chi connectivity index (χ1n) is 7.75. The van der Waals surface area contributed by atoms with E-state index in [-0.39, 0.29) is 0 Å². The molecule has 1 aliphatic heterocycles. The molecule has 6 nitrogen and oxygen atoms in total. The van der Waals surface area contributed by atoms with Gasteiger partial charge in [-0.2, -0.15) is 4.98 Å². The second-order valence-corrected chi connectivity index (χ2v) is 6.06. The summed E-state index contributed by atoms with van der Waals surface area (Å²) in [6.07, 6.45) is 5.70. The zero-order chi connectivity index (χ0) is 15.1. The Labute approximate surface area is 130 Å². The fourth-order valence-corrected chi connectivity index (χ4v) is 3.34. The van der Waals surface area contributed by atoms with Gasteiger partial charge in [-0.25, -0.2) is 4.98 Å². The minimum absolute atomic E-state index is 0.359. The second kappa shape index (κ2) is 5.21. The first-order valence-corrected chi connectivity index (χ1v) is 7.75. The molecule has 0 saturated carbocycles. The number of hydrogen-bond donors (Lipinski definition) is 1. The van der Waals surface area contributed by atoms with Crippen LogP contribution < -0.4 is 10.6 Å².